The number of rotatable bonds is 11. The number of aryl methyl sites for hydroxylation is 1. The first-order valence-electron chi connectivity index (χ1n) is 21.3. The smallest absolute Gasteiger partial charge is 0.410 e. The van der Waals surface area contributed by atoms with Crippen molar-refractivity contribution in [2.45, 2.75) is 160 Å². The summed E-state index contributed by atoms with van der Waals surface area (Å²) in [6.45, 7) is 14.1. The lowest BCUT2D eigenvalue weighted by Crippen LogP contribution is -2.62. The predicted molar refractivity (Wildman–Crippen MR) is 222 cm³/mol. The molecule has 0 saturated carbocycles. The Morgan fingerprint density at radius 3 is 2.45 bits per heavy atom. The Balaban J connectivity index is 1.40. The number of esters is 1. The van der Waals surface area contributed by atoms with Crippen molar-refractivity contribution < 1.29 is 47.6 Å². The number of fused-ring (bicyclic) bond motifs is 1. The van der Waals surface area contributed by atoms with Crippen LogP contribution in [0.1, 0.15) is 87.5 Å². The highest BCUT2D eigenvalue weighted by molar-refractivity contribution is 6.00. The van der Waals surface area contributed by atoms with Crippen LogP contribution in [-0.4, -0.2) is 148 Å². The Hall–Kier alpha value is -3.74. The van der Waals surface area contributed by atoms with Gasteiger partial charge < -0.3 is 44.7 Å². The highest BCUT2D eigenvalue weighted by atomic mass is 19.1. The molecule has 336 valence electrons. The van der Waals surface area contributed by atoms with E-state index in [4.69, 9.17) is 29.4 Å². The van der Waals surface area contributed by atoms with Crippen LogP contribution in [-0.2, 0) is 39.8 Å². The molecule has 0 radical (unpaired) electrons. The minimum absolute atomic E-state index is 0.173. The van der Waals surface area contributed by atoms with Gasteiger partial charge in [-0.2, -0.15) is 0 Å². The topological polar surface area (TPSA) is 193 Å². The van der Waals surface area contributed by atoms with Crippen LogP contribution in [0.3, 0.4) is 0 Å². The van der Waals surface area contributed by atoms with Crippen LogP contribution < -0.4 is 11.1 Å². The average molecular weight is 846 g/mol. The molecular formula is C43H68FN7O9. The third kappa shape index (κ3) is 10.3. The summed E-state index contributed by atoms with van der Waals surface area (Å²) in [5.41, 5.74) is 3.35. The number of likely N-dealkylation sites (N-methyl/N-ethyl adjacent to an activating group) is 1. The van der Waals surface area contributed by atoms with Crippen molar-refractivity contribution in [3.8, 4) is 11.3 Å². The first-order chi connectivity index (χ1) is 28.1. The van der Waals surface area contributed by atoms with Gasteiger partial charge in [0.1, 0.15) is 29.5 Å². The van der Waals surface area contributed by atoms with E-state index in [0.717, 1.165) is 5.56 Å². The number of nitrogens with two attached hydrogens (primary N) is 1. The lowest BCUT2D eigenvalue weighted by molar-refractivity contribution is -0.296. The number of ether oxygens (including phenoxy) is 5. The molecule has 0 spiro atoms. The van der Waals surface area contributed by atoms with Crippen LogP contribution in [0.5, 0.6) is 0 Å². The quantitative estimate of drug-likeness (QED) is 0.125. The maximum absolute atomic E-state index is 17.1. The van der Waals surface area contributed by atoms with E-state index < -0.39 is 83.2 Å². The number of carbonyl (C=O) groups excluding carboxylic acids is 3. The number of cyclic esters (lactones) is 1. The fourth-order valence-electron chi connectivity index (χ4n) is 9.44. The van der Waals surface area contributed by atoms with Gasteiger partial charge in [-0.25, -0.2) is 9.18 Å². The zero-order valence-corrected chi connectivity index (χ0v) is 37.2. The molecular weight excluding hydrogens is 778 g/mol. The largest absolute Gasteiger partial charge is 0.458 e. The standard InChI is InChI=1S/C43H68FN7O9/c1-12-33-43(8)36(51(40(55)60-43)19-14-13-18-50-22-31(47-48-50)29-16-15-17-30(45)21-29)28(5)46-24-41(6,44)23-42(7,56-11)37(26(3)34(52)27(4)38(54)58-33)59-39-35(53)32(49(9)10)20-25(2)57-39/h15-17,21-22,25-28,32-33,35-37,39,46,53H,12-14,18-20,23-24,45H2,1-11H3/t25-,26+,27-,28-,32?,33-,35-,36-,37-,39+,41?,42-,43-/m1/s1. The van der Waals surface area contributed by atoms with Gasteiger partial charge in [-0.15, -0.1) is 5.10 Å². The number of amides is 1. The Kier molecular flexibility index (Phi) is 15.1. The highest BCUT2D eigenvalue weighted by Gasteiger charge is 2.59. The lowest BCUT2D eigenvalue weighted by Gasteiger charge is -2.47. The fraction of sp³-hybridized carbons (Fsp3) is 0.744. The van der Waals surface area contributed by atoms with Gasteiger partial charge in [-0.3, -0.25) is 19.2 Å². The van der Waals surface area contributed by atoms with Gasteiger partial charge in [0.25, 0.3) is 0 Å². The zero-order valence-electron chi connectivity index (χ0n) is 37.2. The van der Waals surface area contributed by atoms with Gasteiger partial charge in [0.05, 0.1) is 30.0 Å². The molecule has 4 N–H and O–H groups in total. The van der Waals surface area contributed by atoms with Gasteiger partial charge in [0.15, 0.2) is 17.7 Å². The number of aliphatic hydroxyl groups is 1. The van der Waals surface area contributed by atoms with Gasteiger partial charge in [0.2, 0.25) is 0 Å². The van der Waals surface area contributed by atoms with Crippen molar-refractivity contribution in [1.82, 2.24) is 30.1 Å². The Morgan fingerprint density at radius 1 is 1.10 bits per heavy atom. The van der Waals surface area contributed by atoms with Crippen LogP contribution in [0, 0.1) is 11.8 Å². The second-order valence-electron chi connectivity index (χ2n) is 18.0. The zero-order chi connectivity index (χ0) is 44.3. The Morgan fingerprint density at radius 2 is 1.80 bits per heavy atom. The number of hydrogen-bond donors (Lipinski definition) is 3. The molecule has 4 heterocycles. The summed E-state index contributed by atoms with van der Waals surface area (Å²) in [4.78, 5) is 45.7. The molecule has 13 atom stereocenters. The van der Waals surface area contributed by atoms with Crippen molar-refractivity contribution >= 4 is 23.5 Å². The van der Waals surface area contributed by atoms with Crippen LogP contribution in [0.2, 0.25) is 0 Å². The molecule has 3 aliphatic rings. The van der Waals surface area contributed by atoms with E-state index in [2.05, 4.69) is 15.6 Å². The number of nitrogens with one attached hydrogen (secondary N) is 1. The number of alkyl halides is 1. The third-order valence-corrected chi connectivity index (χ3v) is 12.8. The number of carbonyl (C=O) groups is 3. The van der Waals surface area contributed by atoms with Crippen LogP contribution in [0.15, 0.2) is 30.5 Å². The van der Waals surface area contributed by atoms with Gasteiger partial charge in [-0.1, -0.05) is 31.2 Å². The second kappa shape index (κ2) is 19.1. The SMILES string of the molecule is CC[C@H]1OC(=O)[C@H](C)C(=O)[C@H](C)[C@@H](O[C@@H]2O[C@H](C)CC(N(C)C)[C@H]2O)[C@](C)(OC)CC(C)(F)CN[C@H](C)[C@H]2N(CCCCn3cc(-c4cccc(N)c4)nn3)C(=O)O[C@]12C. The number of nitrogen functional groups attached to an aromatic ring is 1. The van der Waals surface area contributed by atoms with E-state index in [9.17, 15) is 19.5 Å². The number of aliphatic hydroxyl groups excluding tert-OH is 1. The number of hydrogen-bond acceptors (Lipinski definition) is 14. The van der Waals surface area contributed by atoms with Crippen LogP contribution >= 0.6 is 0 Å². The number of nitrogens with zero attached hydrogens (tertiary/aromatic N) is 5. The van der Waals surface area contributed by atoms with E-state index in [1.807, 2.05) is 64.2 Å². The summed E-state index contributed by atoms with van der Waals surface area (Å²) in [6.07, 6.45) is -1.61. The Bertz CT molecular complexity index is 1800. The van der Waals surface area contributed by atoms with Gasteiger partial charge in [-0.05, 0) is 93.5 Å². The predicted octanol–water partition coefficient (Wildman–Crippen LogP) is 4.38. The summed E-state index contributed by atoms with van der Waals surface area (Å²) in [7, 11) is 5.13. The number of halogens is 1. The minimum Gasteiger partial charge on any atom is -0.458 e. The summed E-state index contributed by atoms with van der Waals surface area (Å²) in [5.74, 6) is -3.64. The molecule has 1 aromatic heterocycles. The van der Waals surface area contributed by atoms with Crippen molar-refractivity contribution in [3.63, 3.8) is 0 Å². The average Bonchev–Trinajstić information content (AvgIpc) is 3.77. The molecule has 0 bridgehead atoms. The van der Waals surface area contributed by atoms with E-state index in [1.165, 1.54) is 21.0 Å². The summed E-state index contributed by atoms with van der Waals surface area (Å²) >= 11 is 0. The summed E-state index contributed by atoms with van der Waals surface area (Å²) in [6, 6.07) is 5.85. The van der Waals surface area contributed by atoms with Crippen molar-refractivity contribution in [2.75, 3.05) is 40.0 Å². The highest BCUT2D eigenvalue weighted by Crippen LogP contribution is 2.41. The molecule has 2 unspecified atom stereocenters. The second-order valence-corrected chi connectivity index (χ2v) is 18.0. The maximum Gasteiger partial charge on any atom is 0.410 e. The molecule has 3 fully saturated rings. The number of aromatic nitrogens is 3. The van der Waals surface area contributed by atoms with Gasteiger partial charge >= 0.3 is 12.1 Å². The summed E-state index contributed by atoms with van der Waals surface area (Å²) in [5, 5.41) is 23.3. The van der Waals surface area contributed by atoms with Crippen molar-refractivity contribution in [3.05, 3.63) is 30.5 Å². The van der Waals surface area contributed by atoms with E-state index in [1.54, 1.807) is 36.4 Å². The monoisotopic (exact) mass is 846 g/mol. The number of ketones is 1. The van der Waals surface area contributed by atoms with Crippen molar-refractivity contribution in [2.24, 2.45) is 11.8 Å². The minimum atomic E-state index is -1.95. The molecule has 5 rings (SSSR count). The molecule has 60 heavy (non-hydrogen) atoms. The third-order valence-electron chi connectivity index (χ3n) is 12.8. The van der Waals surface area contributed by atoms with E-state index in [0.29, 0.717) is 43.7 Å². The number of benzene rings is 1. The van der Waals surface area contributed by atoms with E-state index in [-0.39, 0.29) is 31.5 Å². The number of Topliss-reactive ketones (excluding diaryl/α,β-unsaturated/α-hetero) is 1. The van der Waals surface area contributed by atoms with Crippen LogP contribution in [0.4, 0.5) is 14.9 Å². The normalized spacial score (nSPS) is 37.3. The number of methoxy groups -OCH3 is 1. The molecule has 1 aromatic carbocycles. The number of unbranched alkanes of at least 4 members (excludes halogenated alkanes) is 1. The van der Waals surface area contributed by atoms with Crippen molar-refractivity contribution in [1.29, 1.82) is 0 Å². The lowest BCUT2D eigenvalue weighted by atomic mass is 9.77. The first kappa shape index (κ1) is 47.3. The van der Waals surface area contributed by atoms with Crippen LogP contribution in [0.25, 0.3) is 11.3 Å². The molecule has 1 amide bonds. The maximum atomic E-state index is 17.1. The molecule has 2 aromatic rings. The van der Waals surface area contributed by atoms with E-state index >= 15 is 4.39 Å². The first-order valence-corrected chi connectivity index (χ1v) is 21.3. The number of anilines is 1. The molecule has 17 heteroatoms. The molecule has 3 saturated heterocycles. The molecule has 0 aliphatic carbocycles. The van der Waals surface area contributed by atoms with Gasteiger partial charge in [0, 0.05) is 62.4 Å². The Labute approximate surface area is 353 Å². The molecule has 3 aliphatic heterocycles. The fourth-order valence-corrected chi connectivity index (χ4v) is 9.44. The molecule has 16 nitrogen and oxygen atoms in total. The summed E-state index contributed by atoms with van der Waals surface area (Å²) < 4.78 is 49.9.